The van der Waals surface area contributed by atoms with Crippen molar-refractivity contribution in [3.8, 4) is 0 Å². The van der Waals surface area contributed by atoms with E-state index < -0.39 is 0 Å². The van der Waals surface area contributed by atoms with E-state index in [9.17, 15) is 9.90 Å². The van der Waals surface area contributed by atoms with Gasteiger partial charge in [-0.1, -0.05) is 19.3 Å². The van der Waals surface area contributed by atoms with Crippen molar-refractivity contribution >= 4 is 5.91 Å². The van der Waals surface area contributed by atoms with Crippen LogP contribution in [0.15, 0.2) is 0 Å². The number of carbonyl (C=O) groups is 1. The fourth-order valence-electron chi connectivity index (χ4n) is 2.68. The smallest absolute Gasteiger partial charge is 0.222 e. The van der Waals surface area contributed by atoms with Gasteiger partial charge in [-0.05, 0) is 12.8 Å². The maximum Gasteiger partial charge on any atom is 0.222 e. The SMILES string of the molecule is O=C(CC1CNCCO1)NC1CCCCCC1O. The Bertz CT molecular complexity index is 267. The van der Waals surface area contributed by atoms with Crippen molar-refractivity contribution in [2.24, 2.45) is 0 Å². The monoisotopic (exact) mass is 256 g/mol. The van der Waals surface area contributed by atoms with E-state index in [-0.39, 0.29) is 24.2 Å². The molecule has 18 heavy (non-hydrogen) atoms. The molecule has 1 aliphatic carbocycles. The van der Waals surface area contributed by atoms with Crippen molar-refractivity contribution in [1.29, 1.82) is 0 Å². The van der Waals surface area contributed by atoms with Gasteiger partial charge in [0, 0.05) is 13.1 Å². The second-order valence-electron chi connectivity index (χ2n) is 5.28. The number of aliphatic hydroxyl groups is 1. The molecule has 1 heterocycles. The van der Waals surface area contributed by atoms with E-state index in [0.717, 1.165) is 45.2 Å². The normalized spacial score (nSPS) is 33.7. The van der Waals surface area contributed by atoms with Gasteiger partial charge in [0.05, 0.1) is 31.3 Å². The van der Waals surface area contributed by atoms with Crippen LogP contribution >= 0.6 is 0 Å². The number of aliphatic hydroxyl groups excluding tert-OH is 1. The minimum Gasteiger partial charge on any atom is -0.391 e. The second-order valence-corrected chi connectivity index (χ2v) is 5.28. The Labute approximate surface area is 108 Å². The zero-order valence-electron chi connectivity index (χ0n) is 10.9. The first-order valence-electron chi connectivity index (χ1n) is 7.05. The molecule has 0 radical (unpaired) electrons. The average molecular weight is 256 g/mol. The van der Waals surface area contributed by atoms with Crippen molar-refractivity contribution in [3.05, 3.63) is 0 Å². The van der Waals surface area contributed by atoms with Crippen molar-refractivity contribution < 1.29 is 14.6 Å². The number of amides is 1. The van der Waals surface area contributed by atoms with Gasteiger partial charge in [0.2, 0.25) is 5.91 Å². The van der Waals surface area contributed by atoms with Crippen molar-refractivity contribution in [2.45, 2.75) is 56.8 Å². The number of nitrogens with one attached hydrogen (secondary N) is 2. The molecule has 1 amide bonds. The van der Waals surface area contributed by atoms with Crippen LogP contribution in [0.4, 0.5) is 0 Å². The lowest BCUT2D eigenvalue weighted by atomic mass is 10.1. The molecule has 0 aromatic heterocycles. The molecule has 3 N–H and O–H groups in total. The zero-order chi connectivity index (χ0) is 12.8. The molecule has 1 aliphatic heterocycles. The minimum absolute atomic E-state index is 0.00495. The molecule has 3 atom stereocenters. The highest BCUT2D eigenvalue weighted by Gasteiger charge is 2.25. The van der Waals surface area contributed by atoms with Crippen LogP contribution in [0, 0.1) is 0 Å². The Morgan fingerprint density at radius 1 is 1.33 bits per heavy atom. The molecular formula is C13H24N2O3. The Morgan fingerprint density at radius 3 is 2.94 bits per heavy atom. The third-order valence-corrected chi connectivity index (χ3v) is 3.74. The van der Waals surface area contributed by atoms with Crippen LogP contribution in [0.25, 0.3) is 0 Å². The predicted molar refractivity (Wildman–Crippen MR) is 68.2 cm³/mol. The summed E-state index contributed by atoms with van der Waals surface area (Å²) < 4.78 is 5.50. The quantitative estimate of drug-likeness (QED) is 0.630. The van der Waals surface area contributed by atoms with E-state index in [1.54, 1.807) is 0 Å². The van der Waals surface area contributed by atoms with E-state index in [1.807, 2.05) is 0 Å². The van der Waals surface area contributed by atoms with Crippen LogP contribution in [0.1, 0.15) is 38.5 Å². The molecule has 0 spiro atoms. The largest absolute Gasteiger partial charge is 0.391 e. The molecule has 0 aromatic carbocycles. The molecule has 1 saturated carbocycles. The number of ether oxygens (including phenoxy) is 1. The van der Waals surface area contributed by atoms with Gasteiger partial charge in [0.25, 0.3) is 0 Å². The third kappa shape index (κ3) is 4.23. The number of carbonyl (C=O) groups excluding carboxylic acids is 1. The lowest BCUT2D eigenvalue weighted by Crippen LogP contribution is -2.46. The van der Waals surface area contributed by atoms with Crippen LogP contribution in [0.2, 0.25) is 0 Å². The fraction of sp³-hybridized carbons (Fsp3) is 0.923. The highest BCUT2D eigenvalue weighted by molar-refractivity contribution is 5.76. The molecule has 5 heteroatoms. The van der Waals surface area contributed by atoms with E-state index in [4.69, 9.17) is 4.74 Å². The third-order valence-electron chi connectivity index (χ3n) is 3.74. The van der Waals surface area contributed by atoms with Gasteiger partial charge in [-0.25, -0.2) is 0 Å². The molecule has 1 saturated heterocycles. The van der Waals surface area contributed by atoms with E-state index in [1.165, 1.54) is 0 Å². The summed E-state index contributed by atoms with van der Waals surface area (Å²) in [5.41, 5.74) is 0. The van der Waals surface area contributed by atoms with Crippen LogP contribution < -0.4 is 10.6 Å². The van der Waals surface area contributed by atoms with Crippen molar-refractivity contribution in [3.63, 3.8) is 0 Å². The predicted octanol–water partition coefficient (Wildman–Crippen LogP) is 0.175. The summed E-state index contributed by atoms with van der Waals surface area (Å²) in [5, 5.41) is 16.1. The molecule has 3 unspecified atom stereocenters. The van der Waals surface area contributed by atoms with Gasteiger partial charge >= 0.3 is 0 Å². The second kappa shape index (κ2) is 7.07. The summed E-state index contributed by atoms with van der Waals surface area (Å²) in [7, 11) is 0. The lowest BCUT2D eigenvalue weighted by molar-refractivity contribution is -0.126. The van der Waals surface area contributed by atoms with Crippen LogP contribution in [0.3, 0.4) is 0 Å². The number of morpholine rings is 1. The number of hydrogen-bond donors (Lipinski definition) is 3. The maximum atomic E-state index is 11.9. The summed E-state index contributed by atoms with van der Waals surface area (Å²) in [5.74, 6) is -0.00495. The Balaban J connectivity index is 1.74. The van der Waals surface area contributed by atoms with Gasteiger partial charge in [0.1, 0.15) is 0 Å². The first-order chi connectivity index (χ1) is 8.75. The minimum atomic E-state index is -0.387. The lowest BCUT2D eigenvalue weighted by Gasteiger charge is -2.26. The van der Waals surface area contributed by atoms with Gasteiger partial charge in [-0.2, -0.15) is 0 Å². The highest BCUT2D eigenvalue weighted by Crippen LogP contribution is 2.18. The van der Waals surface area contributed by atoms with Crippen LogP contribution in [0.5, 0.6) is 0 Å². The van der Waals surface area contributed by atoms with Gasteiger partial charge in [-0.3, -0.25) is 4.79 Å². The highest BCUT2D eigenvalue weighted by atomic mass is 16.5. The van der Waals surface area contributed by atoms with E-state index in [0.29, 0.717) is 13.0 Å². The molecule has 2 rings (SSSR count). The summed E-state index contributed by atoms with van der Waals surface area (Å²) in [6, 6.07) is -0.0726. The first-order valence-corrected chi connectivity index (χ1v) is 7.05. The van der Waals surface area contributed by atoms with Gasteiger partial charge in [-0.15, -0.1) is 0 Å². The molecular weight excluding hydrogens is 232 g/mol. The van der Waals surface area contributed by atoms with Gasteiger partial charge < -0.3 is 20.5 Å². The zero-order valence-corrected chi connectivity index (χ0v) is 10.9. The average Bonchev–Trinajstić information content (AvgIpc) is 2.56. The Hall–Kier alpha value is -0.650. The molecule has 104 valence electrons. The maximum absolute atomic E-state index is 11.9. The first kappa shape index (κ1) is 13.8. The van der Waals surface area contributed by atoms with Crippen LogP contribution in [-0.4, -0.2) is 49.0 Å². The fourth-order valence-corrected chi connectivity index (χ4v) is 2.68. The van der Waals surface area contributed by atoms with Crippen LogP contribution in [-0.2, 0) is 9.53 Å². The van der Waals surface area contributed by atoms with E-state index in [2.05, 4.69) is 10.6 Å². The number of rotatable bonds is 3. The Morgan fingerprint density at radius 2 is 2.17 bits per heavy atom. The molecule has 0 aromatic rings. The van der Waals surface area contributed by atoms with Gasteiger partial charge in [0.15, 0.2) is 0 Å². The summed E-state index contributed by atoms with van der Waals surface area (Å²) in [6.45, 7) is 2.27. The summed E-state index contributed by atoms with van der Waals surface area (Å²) >= 11 is 0. The Kier molecular flexibility index (Phi) is 5.41. The summed E-state index contributed by atoms with van der Waals surface area (Å²) in [4.78, 5) is 11.9. The molecule has 5 nitrogen and oxygen atoms in total. The topological polar surface area (TPSA) is 70.6 Å². The van der Waals surface area contributed by atoms with Crippen molar-refractivity contribution in [1.82, 2.24) is 10.6 Å². The summed E-state index contributed by atoms with van der Waals surface area (Å²) in [6.07, 6.45) is 4.95. The van der Waals surface area contributed by atoms with Crippen molar-refractivity contribution in [2.75, 3.05) is 19.7 Å². The number of hydrogen-bond acceptors (Lipinski definition) is 4. The standard InChI is InChI=1S/C13H24N2O3/c16-12-5-3-1-2-4-11(12)15-13(17)8-10-9-14-6-7-18-10/h10-12,14,16H,1-9H2,(H,15,17). The van der Waals surface area contributed by atoms with E-state index >= 15 is 0 Å². The molecule has 2 aliphatic rings. The molecule has 2 fully saturated rings. The molecule has 0 bridgehead atoms.